The maximum absolute atomic E-state index is 5.73. The molecule has 1 rings (SSSR count). The van der Waals surface area contributed by atoms with Gasteiger partial charge in [0.15, 0.2) is 0 Å². The minimum Gasteiger partial charge on any atom is -0.493 e. The molecular formula is C12H19NO2. The molecule has 3 heteroatoms. The Hall–Kier alpha value is -1.06. The van der Waals surface area contributed by atoms with Gasteiger partial charge >= 0.3 is 0 Å². The van der Waals surface area contributed by atoms with Crippen molar-refractivity contribution in [2.45, 2.75) is 19.4 Å². The summed E-state index contributed by atoms with van der Waals surface area (Å²) < 4.78 is 11.0. The van der Waals surface area contributed by atoms with Gasteiger partial charge in [-0.05, 0) is 19.9 Å². The molecule has 0 amide bonds. The zero-order valence-corrected chi connectivity index (χ0v) is 9.62. The second-order valence-corrected chi connectivity index (χ2v) is 3.57. The monoisotopic (exact) mass is 209 g/mol. The number of para-hydroxylation sites is 1. The fourth-order valence-corrected chi connectivity index (χ4v) is 1.49. The lowest BCUT2D eigenvalue weighted by molar-refractivity contribution is 0.00787. The third-order valence-corrected chi connectivity index (χ3v) is 2.60. The fourth-order valence-electron chi connectivity index (χ4n) is 1.49. The van der Waals surface area contributed by atoms with Crippen LogP contribution in [0.4, 0.5) is 0 Å². The summed E-state index contributed by atoms with van der Waals surface area (Å²) in [5, 5.41) is 0. The summed E-state index contributed by atoms with van der Waals surface area (Å²) in [6.07, 6.45) is 0. The number of methoxy groups -OCH3 is 1. The first-order chi connectivity index (χ1) is 7.18. The van der Waals surface area contributed by atoms with E-state index in [9.17, 15) is 0 Å². The van der Waals surface area contributed by atoms with Gasteiger partial charge in [-0.15, -0.1) is 0 Å². The molecule has 1 aromatic rings. The van der Waals surface area contributed by atoms with Gasteiger partial charge in [-0.3, -0.25) is 0 Å². The largest absolute Gasteiger partial charge is 0.493 e. The van der Waals surface area contributed by atoms with Gasteiger partial charge in [-0.2, -0.15) is 0 Å². The van der Waals surface area contributed by atoms with Gasteiger partial charge in [-0.25, -0.2) is 0 Å². The van der Waals surface area contributed by atoms with Gasteiger partial charge in [0.05, 0.1) is 6.61 Å². The molecule has 0 aromatic heterocycles. The summed E-state index contributed by atoms with van der Waals surface area (Å²) in [5.74, 6) is 0.842. The van der Waals surface area contributed by atoms with Crippen LogP contribution < -0.4 is 10.5 Å². The predicted molar refractivity (Wildman–Crippen MR) is 61.0 cm³/mol. The summed E-state index contributed by atoms with van der Waals surface area (Å²) >= 11 is 0. The van der Waals surface area contributed by atoms with Gasteiger partial charge in [0.2, 0.25) is 0 Å². The summed E-state index contributed by atoms with van der Waals surface area (Å²) in [6, 6.07) is 7.83. The van der Waals surface area contributed by atoms with Crippen LogP contribution in [-0.4, -0.2) is 20.3 Å². The lowest BCUT2D eigenvalue weighted by Gasteiger charge is -2.28. The van der Waals surface area contributed by atoms with Crippen molar-refractivity contribution >= 4 is 0 Å². The van der Waals surface area contributed by atoms with Crippen LogP contribution in [0.2, 0.25) is 0 Å². The third kappa shape index (κ3) is 2.49. The second kappa shape index (κ2) is 5.14. The Balaban J connectivity index is 3.10. The Morgan fingerprint density at radius 1 is 1.33 bits per heavy atom. The molecule has 0 saturated heterocycles. The van der Waals surface area contributed by atoms with E-state index < -0.39 is 5.60 Å². The zero-order chi connectivity index (χ0) is 11.3. The van der Waals surface area contributed by atoms with Gasteiger partial charge in [0.1, 0.15) is 11.4 Å². The number of hydrogen-bond acceptors (Lipinski definition) is 3. The third-order valence-electron chi connectivity index (χ3n) is 2.60. The van der Waals surface area contributed by atoms with Gasteiger partial charge < -0.3 is 15.2 Å². The molecule has 3 nitrogen and oxygen atoms in total. The van der Waals surface area contributed by atoms with Crippen LogP contribution in [0.25, 0.3) is 0 Å². The Labute approximate surface area is 91.2 Å². The van der Waals surface area contributed by atoms with E-state index in [0.29, 0.717) is 13.2 Å². The van der Waals surface area contributed by atoms with Gasteiger partial charge in [-0.1, -0.05) is 18.2 Å². The lowest BCUT2D eigenvalue weighted by atomic mass is 9.95. The highest BCUT2D eigenvalue weighted by atomic mass is 16.5. The van der Waals surface area contributed by atoms with Crippen molar-refractivity contribution in [1.82, 2.24) is 0 Å². The molecule has 0 radical (unpaired) electrons. The van der Waals surface area contributed by atoms with Gasteiger partial charge in [0, 0.05) is 19.2 Å². The maximum atomic E-state index is 5.73. The van der Waals surface area contributed by atoms with E-state index in [-0.39, 0.29) is 0 Å². The van der Waals surface area contributed by atoms with Crippen molar-refractivity contribution in [3.05, 3.63) is 29.8 Å². The summed E-state index contributed by atoms with van der Waals surface area (Å²) in [6.45, 7) is 4.99. The molecule has 0 saturated carbocycles. The van der Waals surface area contributed by atoms with Crippen molar-refractivity contribution in [3.8, 4) is 5.75 Å². The van der Waals surface area contributed by atoms with E-state index in [2.05, 4.69) is 0 Å². The lowest BCUT2D eigenvalue weighted by Crippen LogP contribution is -2.34. The fraction of sp³-hybridized carbons (Fsp3) is 0.500. The topological polar surface area (TPSA) is 44.5 Å². The molecule has 15 heavy (non-hydrogen) atoms. The van der Waals surface area contributed by atoms with Crippen LogP contribution in [-0.2, 0) is 10.3 Å². The molecular weight excluding hydrogens is 190 g/mol. The molecule has 0 heterocycles. The molecule has 0 aliphatic rings. The van der Waals surface area contributed by atoms with Crippen molar-refractivity contribution in [3.63, 3.8) is 0 Å². The first-order valence-corrected chi connectivity index (χ1v) is 5.15. The molecule has 0 spiro atoms. The van der Waals surface area contributed by atoms with Crippen LogP contribution in [0, 0.1) is 0 Å². The van der Waals surface area contributed by atoms with Crippen LogP contribution in [0.3, 0.4) is 0 Å². The maximum Gasteiger partial charge on any atom is 0.125 e. The van der Waals surface area contributed by atoms with Crippen LogP contribution >= 0.6 is 0 Å². The smallest absolute Gasteiger partial charge is 0.125 e. The first kappa shape index (κ1) is 12.0. The predicted octanol–water partition coefficient (Wildman–Crippen LogP) is 1.91. The Kier molecular flexibility index (Phi) is 4.12. The molecule has 1 unspecified atom stereocenters. The number of rotatable bonds is 5. The number of benzene rings is 1. The molecule has 0 bridgehead atoms. The average molecular weight is 209 g/mol. The van der Waals surface area contributed by atoms with Gasteiger partial charge in [0.25, 0.3) is 0 Å². The van der Waals surface area contributed by atoms with Crippen LogP contribution in [0.15, 0.2) is 24.3 Å². The quantitative estimate of drug-likeness (QED) is 0.805. The Morgan fingerprint density at radius 2 is 2.00 bits per heavy atom. The molecule has 1 aromatic carbocycles. The van der Waals surface area contributed by atoms with E-state index in [4.69, 9.17) is 15.2 Å². The highest BCUT2D eigenvalue weighted by Crippen LogP contribution is 2.31. The SMILES string of the molecule is CCOc1ccccc1C(C)(CN)OC. The van der Waals surface area contributed by atoms with E-state index in [1.807, 2.05) is 38.1 Å². The first-order valence-electron chi connectivity index (χ1n) is 5.15. The minimum absolute atomic E-state index is 0.424. The molecule has 84 valence electrons. The normalized spacial score (nSPS) is 14.7. The van der Waals surface area contributed by atoms with Crippen molar-refractivity contribution in [2.75, 3.05) is 20.3 Å². The molecule has 0 aliphatic heterocycles. The number of nitrogens with two attached hydrogens (primary N) is 1. The summed E-state index contributed by atoms with van der Waals surface area (Å²) in [4.78, 5) is 0. The highest BCUT2D eigenvalue weighted by Gasteiger charge is 2.27. The summed E-state index contributed by atoms with van der Waals surface area (Å²) in [7, 11) is 1.66. The Morgan fingerprint density at radius 3 is 2.53 bits per heavy atom. The van der Waals surface area contributed by atoms with E-state index in [0.717, 1.165) is 11.3 Å². The zero-order valence-electron chi connectivity index (χ0n) is 9.62. The second-order valence-electron chi connectivity index (χ2n) is 3.57. The van der Waals surface area contributed by atoms with Crippen LogP contribution in [0.1, 0.15) is 19.4 Å². The number of ether oxygens (including phenoxy) is 2. The van der Waals surface area contributed by atoms with Crippen LogP contribution in [0.5, 0.6) is 5.75 Å². The minimum atomic E-state index is -0.480. The van der Waals surface area contributed by atoms with E-state index in [1.54, 1.807) is 7.11 Å². The highest BCUT2D eigenvalue weighted by molar-refractivity contribution is 5.38. The summed E-state index contributed by atoms with van der Waals surface area (Å²) in [5.41, 5.74) is 6.25. The molecule has 1 atom stereocenters. The average Bonchev–Trinajstić information content (AvgIpc) is 2.29. The van der Waals surface area contributed by atoms with Crippen molar-refractivity contribution < 1.29 is 9.47 Å². The van der Waals surface area contributed by atoms with E-state index in [1.165, 1.54) is 0 Å². The number of hydrogen-bond donors (Lipinski definition) is 1. The molecule has 2 N–H and O–H groups in total. The Bertz CT molecular complexity index is 308. The standard InChI is InChI=1S/C12H19NO2/c1-4-15-11-8-6-5-7-10(11)12(2,9-13)14-3/h5-8H,4,9,13H2,1-3H3. The molecule has 0 fully saturated rings. The van der Waals surface area contributed by atoms with Crippen molar-refractivity contribution in [2.24, 2.45) is 5.73 Å². The van der Waals surface area contributed by atoms with E-state index >= 15 is 0 Å². The molecule has 0 aliphatic carbocycles. The van der Waals surface area contributed by atoms with Crippen molar-refractivity contribution in [1.29, 1.82) is 0 Å².